The molecular weight excluding hydrogens is 296 g/mol. The molecule has 0 aliphatic heterocycles. The van der Waals surface area contributed by atoms with Crippen LogP contribution in [0.1, 0.15) is 5.56 Å². The minimum atomic E-state index is -1.13. The fraction of sp³-hybridized carbons (Fsp3) is 0.214. The summed E-state index contributed by atoms with van der Waals surface area (Å²) in [6, 6.07) is 5.26. The third kappa shape index (κ3) is 3.68. The van der Waals surface area contributed by atoms with E-state index in [1.54, 1.807) is 24.4 Å². The molecule has 110 valence electrons. The zero-order valence-electron chi connectivity index (χ0n) is 11.2. The molecule has 0 unspecified atom stereocenters. The number of carboxylic acids is 1. The topological polar surface area (TPSA) is 88.5 Å². The highest BCUT2D eigenvalue weighted by molar-refractivity contribution is 6.35. The van der Waals surface area contributed by atoms with Gasteiger partial charge in [-0.1, -0.05) is 11.6 Å². The van der Waals surface area contributed by atoms with Crippen molar-refractivity contribution in [2.24, 2.45) is 0 Å². The van der Waals surface area contributed by atoms with E-state index in [0.717, 1.165) is 11.1 Å². The Hall–Kier alpha value is -2.18. The van der Waals surface area contributed by atoms with Crippen LogP contribution in [0.4, 0.5) is 5.69 Å². The van der Waals surface area contributed by atoms with Crippen LogP contribution in [-0.4, -0.2) is 35.2 Å². The summed E-state index contributed by atoms with van der Waals surface area (Å²) >= 11 is 6.16. The lowest BCUT2D eigenvalue weighted by Crippen LogP contribution is -2.21. The van der Waals surface area contributed by atoms with Gasteiger partial charge in [0.05, 0.1) is 16.2 Å². The van der Waals surface area contributed by atoms with Gasteiger partial charge in [0.25, 0.3) is 0 Å². The van der Waals surface area contributed by atoms with Crippen molar-refractivity contribution in [3.63, 3.8) is 0 Å². The Balaban J connectivity index is 2.22. The van der Waals surface area contributed by atoms with Gasteiger partial charge in [-0.15, -0.1) is 0 Å². The number of hydrogen-bond donors (Lipinski definition) is 2. The number of anilines is 1. The molecule has 1 heterocycles. The van der Waals surface area contributed by atoms with Crippen LogP contribution in [0.25, 0.3) is 10.9 Å². The number of nitrogens with zero attached hydrogens (tertiary/aromatic N) is 1. The molecule has 1 aromatic carbocycles. The number of nitrogens with one attached hydrogen (secondary N) is 1. The molecule has 2 aromatic rings. The molecule has 0 aliphatic rings. The van der Waals surface area contributed by atoms with Crippen LogP contribution in [0.15, 0.2) is 24.4 Å². The van der Waals surface area contributed by atoms with Gasteiger partial charge in [-0.2, -0.15) is 0 Å². The number of carbonyl (C=O) groups is 2. The Morgan fingerprint density at radius 2 is 2.19 bits per heavy atom. The van der Waals surface area contributed by atoms with E-state index in [0.29, 0.717) is 16.1 Å². The highest BCUT2D eigenvalue weighted by Gasteiger charge is 2.13. The maximum Gasteiger partial charge on any atom is 0.329 e. The van der Waals surface area contributed by atoms with E-state index in [2.05, 4.69) is 10.3 Å². The molecule has 2 rings (SSSR count). The van der Waals surface area contributed by atoms with Crippen molar-refractivity contribution in [3.05, 3.63) is 35.0 Å². The number of hydrogen-bond acceptors (Lipinski definition) is 4. The second-order valence-electron chi connectivity index (χ2n) is 4.38. The van der Waals surface area contributed by atoms with Gasteiger partial charge in [0, 0.05) is 11.6 Å². The Labute approximate surface area is 125 Å². The number of halogens is 1. The van der Waals surface area contributed by atoms with Gasteiger partial charge >= 0.3 is 5.97 Å². The summed E-state index contributed by atoms with van der Waals surface area (Å²) in [5, 5.41) is 12.2. The van der Waals surface area contributed by atoms with Gasteiger partial charge in [0.15, 0.2) is 0 Å². The van der Waals surface area contributed by atoms with Crippen LogP contribution < -0.4 is 5.32 Å². The van der Waals surface area contributed by atoms with Crippen molar-refractivity contribution in [3.8, 4) is 0 Å². The summed E-state index contributed by atoms with van der Waals surface area (Å²) in [7, 11) is 0. The van der Waals surface area contributed by atoms with Crippen LogP contribution >= 0.6 is 11.6 Å². The average molecular weight is 309 g/mol. The molecule has 0 radical (unpaired) electrons. The molecule has 0 saturated heterocycles. The summed E-state index contributed by atoms with van der Waals surface area (Å²) in [5.74, 6) is -1.61. The van der Waals surface area contributed by atoms with E-state index >= 15 is 0 Å². The van der Waals surface area contributed by atoms with Crippen LogP contribution in [0, 0.1) is 6.92 Å². The lowest BCUT2D eigenvalue weighted by molar-refractivity contribution is -0.143. The van der Waals surface area contributed by atoms with Gasteiger partial charge in [0.1, 0.15) is 13.2 Å². The minimum absolute atomic E-state index is 0.363. The standard InChI is InChI=1S/C14H13ClN2O4/c1-8-5-10(15)14(9-3-2-4-16-13(8)9)17-11(18)6-21-7-12(19)20/h2-5H,6-7H2,1H3,(H,17,18)(H,19,20). The molecule has 0 aliphatic carbocycles. The summed E-state index contributed by atoms with van der Waals surface area (Å²) in [4.78, 5) is 26.3. The lowest BCUT2D eigenvalue weighted by atomic mass is 10.1. The zero-order valence-corrected chi connectivity index (χ0v) is 12.0. The molecular formula is C14H13ClN2O4. The number of aromatic nitrogens is 1. The van der Waals surface area contributed by atoms with E-state index in [4.69, 9.17) is 21.4 Å². The molecule has 0 bridgehead atoms. The van der Waals surface area contributed by atoms with Gasteiger partial charge in [-0.05, 0) is 30.7 Å². The molecule has 1 aromatic heterocycles. The average Bonchev–Trinajstić information content (AvgIpc) is 2.43. The first-order valence-corrected chi connectivity index (χ1v) is 6.50. The van der Waals surface area contributed by atoms with Crippen LogP contribution in [0.2, 0.25) is 5.02 Å². The number of carboxylic acid groups (broad SMARTS) is 1. The largest absolute Gasteiger partial charge is 0.480 e. The first-order valence-electron chi connectivity index (χ1n) is 6.12. The van der Waals surface area contributed by atoms with Gasteiger partial charge < -0.3 is 15.2 Å². The zero-order chi connectivity index (χ0) is 15.4. The maximum absolute atomic E-state index is 11.8. The Morgan fingerprint density at radius 1 is 1.43 bits per heavy atom. The van der Waals surface area contributed by atoms with Crippen molar-refractivity contribution >= 4 is 40.1 Å². The summed E-state index contributed by atoms with van der Waals surface area (Å²) < 4.78 is 4.73. The summed E-state index contributed by atoms with van der Waals surface area (Å²) in [6.07, 6.45) is 1.66. The number of benzene rings is 1. The van der Waals surface area contributed by atoms with Crippen molar-refractivity contribution in [1.29, 1.82) is 0 Å². The Kier molecular flexibility index (Phi) is 4.72. The highest BCUT2D eigenvalue weighted by Crippen LogP contribution is 2.32. The number of rotatable bonds is 5. The molecule has 0 spiro atoms. The number of ether oxygens (including phenoxy) is 1. The summed E-state index contributed by atoms with van der Waals surface area (Å²) in [6.45, 7) is 0.985. The third-order valence-corrected chi connectivity index (χ3v) is 3.05. The number of pyridine rings is 1. The minimum Gasteiger partial charge on any atom is -0.480 e. The predicted molar refractivity (Wildman–Crippen MR) is 78.6 cm³/mol. The number of amides is 1. The molecule has 7 heteroatoms. The summed E-state index contributed by atoms with van der Waals surface area (Å²) in [5.41, 5.74) is 2.08. The highest BCUT2D eigenvalue weighted by atomic mass is 35.5. The van der Waals surface area contributed by atoms with Crippen molar-refractivity contribution in [2.45, 2.75) is 6.92 Å². The second kappa shape index (κ2) is 6.51. The van der Waals surface area contributed by atoms with Crippen molar-refractivity contribution < 1.29 is 19.4 Å². The maximum atomic E-state index is 11.8. The molecule has 0 atom stereocenters. The van der Waals surface area contributed by atoms with Gasteiger partial charge in [0.2, 0.25) is 5.91 Å². The Bertz CT molecular complexity index is 703. The smallest absolute Gasteiger partial charge is 0.329 e. The molecule has 1 amide bonds. The number of carbonyl (C=O) groups excluding carboxylic acids is 1. The molecule has 6 nitrogen and oxygen atoms in total. The molecule has 0 saturated carbocycles. The van der Waals surface area contributed by atoms with Gasteiger partial charge in [-0.3, -0.25) is 9.78 Å². The van der Waals surface area contributed by atoms with E-state index in [1.807, 2.05) is 6.92 Å². The molecule has 21 heavy (non-hydrogen) atoms. The fourth-order valence-electron chi connectivity index (χ4n) is 1.91. The van der Waals surface area contributed by atoms with Crippen LogP contribution in [0.3, 0.4) is 0 Å². The lowest BCUT2D eigenvalue weighted by Gasteiger charge is -2.12. The molecule has 2 N–H and O–H groups in total. The van der Waals surface area contributed by atoms with Gasteiger partial charge in [-0.25, -0.2) is 4.79 Å². The van der Waals surface area contributed by atoms with E-state index in [9.17, 15) is 9.59 Å². The number of aliphatic carboxylic acids is 1. The van der Waals surface area contributed by atoms with Crippen molar-refractivity contribution in [2.75, 3.05) is 18.5 Å². The van der Waals surface area contributed by atoms with Crippen molar-refractivity contribution in [1.82, 2.24) is 4.98 Å². The number of fused-ring (bicyclic) bond motifs is 1. The monoisotopic (exact) mass is 308 g/mol. The second-order valence-corrected chi connectivity index (χ2v) is 4.79. The van der Waals surface area contributed by atoms with E-state index < -0.39 is 18.5 Å². The van der Waals surface area contributed by atoms with E-state index in [-0.39, 0.29) is 6.61 Å². The van der Waals surface area contributed by atoms with Crippen LogP contribution in [0.5, 0.6) is 0 Å². The Morgan fingerprint density at radius 3 is 2.90 bits per heavy atom. The normalized spacial score (nSPS) is 10.6. The SMILES string of the molecule is Cc1cc(Cl)c(NC(=O)COCC(=O)O)c2cccnc12. The first kappa shape index (κ1) is 15.2. The first-order chi connectivity index (χ1) is 9.99. The fourth-order valence-corrected chi connectivity index (χ4v) is 2.23. The predicted octanol–water partition coefficient (Wildman–Crippen LogP) is 2.24. The van der Waals surface area contributed by atoms with Crippen LogP contribution in [-0.2, 0) is 14.3 Å². The number of aryl methyl sites for hydroxylation is 1. The third-order valence-electron chi connectivity index (χ3n) is 2.76. The molecule has 0 fully saturated rings. The van der Waals surface area contributed by atoms with E-state index in [1.165, 1.54) is 0 Å². The quantitative estimate of drug-likeness (QED) is 0.884.